The number of hydrogen-bond acceptors (Lipinski definition) is 5. The smallest absolute Gasteiger partial charge is 0.191 e. The summed E-state index contributed by atoms with van der Waals surface area (Å²) in [5, 5.41) is 16.1. The Morgan fingerprint density at radius 1 is 1.27 bits per heavy atom. The average Bonchev–Trinajstić information content (AvgIpc) is 3.16. The summed E-state index contributed by atoms with van der Waals surface area (Å²) in [7, 11) is 1.90. The van der Waals surface area contributed by atoms with Crippen LogP contribution >= 0.6 is 11.8 Å². The fourth-order valence-corrected chi connectivity index (χ4v) is 3.08. The molecule has 6 nitrogen and oxygen atoms in total. The molecule has 0 bridgehead atoms. The number of thioether (sulfide) groups is 1. The van der Waals surface area contributed by atoms with Crippen LogP contribution in [-0.4, -0.2) is 29.9 Å². The highest BCUT2D eigenvalue weighted by Crippen LogP contribution is 2.35. The molecule has 0 fully saturated rings. The molecule has 3 rings (SSSR count). The molecule has 2 aromatic heterocycles. The Labute approximate surface area is 131 Å². The SMILES string of the molecule is CCC(Sc1nnc(-c2ccc(F)cc2)n1C)c1ncn[nH]1. The molecule has 0 aliphatic heterocycles. The maximum atomic E-state index is 13.0. The molecule has 22 heavy (non-hydrogen) atoms. The number of aromatic amines is 1. The highest BCUT2D eigenvalue weighted by Gasteiger charge is 2.19. The normalized spacial score (nSPS) is 12.5. The summed E-state index contributed by atoms with van der Waals surface area (Å²) in [6, 6.07) is 6.23. The lowest BCUT2D eigenvalue weighted by atomic mass is 10.2. The topological polar surface area (TPSA) is 72.3 Å². The van der Waals surface area contributed by atoms with Gasteiger partial charge in [0.2, 0.25) is 0 Å². The number of hydrogen-bond donors (Lipinski definition) is 1. The molecule has 8 heteroatoms. The van der Waals surface area contributed by atoms with E-state index in [-0.39, 0.29) is 11.1 Å². The molecule has 3 aromatic rings. The van der Waals surface area contributed by atoms with Crippen LogP contribution in [0.1, 0.15) is 24.4 Å². The van der Waals surface area contributed by atoms with Crippen molar-refractivity contribution in [2.45, 2.75) is 23.8 Å². The summed E-state index contributed by atoms with van der Waals surface area (Å²) in [5.74, 6) is 1.26. The molecule has 1 unspecified atom stereocenters. The Morgan fingerprint density at radius 3 is 2.68 bits per heavy atom. The molecule has 0 aliphatic rings. The lowest BCUT2D eigenvalue weighted by molar-refractivity contribution is 0.628. The largest absolute Gasteiger partial charge is 0.305 e. The van der Waals surface area contributed by atoms with Crippen LogP contribution in [0.25, 0.3) is 11.4 Å². The number of H-pyrrole nitrogens is 1. The number of aromatic nitrogens is 6. The van der Waals surface area contributed by atoms with Gasteiger partial charge in [0.25, 0.3) is 0 Å². The lowest BCUT2D eigenvalue weighted by Gasteiger charge is -2.10. The van der Waals surface area contributed by atoms with E-state index in [1.165, 1.54) is 18.5 Å². The first-order chi connectivity index (χ1) is 10.7. The van der Waals surface area contributed by atoms with Gasteiger partial charge in [-0.15, -0.1) is 10.2 Å². The maximum Gasteiger partial charge on any atom is 0.191 e. The van der Waals surface area contributed by atoms with Crippen molar-refractivity contribution in [1.82, 2.24) is 29.9 Å². The molecule has 2 heterocycles. The van der Waals surface area contributed by atoms with Gasteiger partial charge in [-0.3, -0.25) is 5.10 Å². The summed E-state index contributed by atoms with van der Waals surface area (Å²) >= 11 is 1.57. The van der Waals surface area contributed by atoms with Gasteiger partial charge in [0, 0.05) is 12.6 Å². The van der Waals surface area contributed by atoms with Crippen molar-refractivity contribution in [2.24, 2.45) is 7.05 Å². The van der Waals surface area contributed by atoms with Gasteiger partial charge in [0.15, 0.2) is 11.0 Å². The van der Waals surface area contributed by atoms with Crippen molar-refractivity contribution in [3.05, 3.63) is 42.2 Å². The van der Waals surface area contributed by atoms with Gasteiger partial charge >= 0.3 is 0 Å². The Kier molecular flexibility index (Phi) is 4.19. The Balaban J connectivity index is 1.85. The molecule has 114 valence electrons. The third-order valence-electron chi connectivity index (χ3n) is 3.29. The predicted molar refractivity (Wildman–Crippen MR) is 81.7 cm³/mol. The van der Waals surface area contributed by atoms with E-state index in [4.69, 9.17) is 0 Å². The van der Waals surface area contributed by atoms with Crippen molar-refractivity contribution < 1.29 is 4.39 Å². The molecule has 1 aromatic carbocycles. The molecule has 0 aliphatic carbocycles. The molecule has 0 saturated carbocycles. The summed E-state index contributed by atoms with van der Waals surface area (Å²) in [5.41, 5.74) is 0.830. The molecule has 0 radical (unpaired) electrons. The number of nitrogens with zero attached hydrogens (tertiary/aromatic N) is 5. The molecule has 1 N–H and O–H groups in total. The van der Waals surface area contributed by atoms with E-state index >= 15 is 0 Å². The van der Waals surface area contributed by atoms with Crippen LogP contribution in [0, 0.1) is 5.82 Å². The summed E-state index contributed by atoms with van der Waals surface area (Å²) in [4.78, 5) is 4.20. The first kappa shape index (κ1) is 14.7. The number of halogens is 1. The van der Waals surface area contributed by atoms with E-state index in [2.05, 4.69) is 32.3 Å². The lowest BCUT2D eigenvalue weighted by Crippen LogP contribution is -2.00. The van der Waals surface area contributed by atoms with Gasteiger partial charge in [-0.05, 0) is 30.7 Å². The van der Waals surface area contributed by atoms with Gasteiger partial charge < -0.3 is 4.57 Å². The Morgan fingerprint density at radius 2 is 2.05 bits per heavy atom. The third kappa shape index (κ3) is 2.87. The van der Waals surface area contributed by atoms with Crippen molar-refractivity contribution in [2.75, 3.05) is 0 Å². The molecular formula is C14H15FN6S. The fraction of sp³-hybridized carbons (Fsp3) is 0.286. The van der Waals surface area contributed by atoms with Crippen LogP contribution in [0.5, 0.6) is 0 Å². The monoisotopic (exact) mass is 318 g/mol. The van der Waals surface area contributed by atoms with Gasteiger partial charge in [0.1, 0.15) is 18.0 Å². The second-order valence-corrected chi connectivity index (χ2v) is 5.93. The molecule has 0 spiro atoms. The first-order valence-corrected chi connectivity index (χ1v) is 7.74. The van der Waals surface area contributed by atoms with Gasteiger partial charge in [0.05, 0.1) is 5.25 Å². The second kappa shape index (κ2) is 6.27. The van der Waals surface area contributed by atoms with E-state index in [1.54, 1.807) is 23.9 Å². The van der Waals surface area contributed by atoms with Crippen molar-refractivity contribution in [3.63, 3.8) is 0 Å². The Bertz CT molecular complexity index is 737. The molecular weight excluding hydrogens is 303 g/mol. The van der Waals surface area contributed by atoms with Gasteiger partial charge in [-0.1, -0.05) is 18.7 Å². The minimum atomic E-state index is -0.267. The average molecular weight is 318 g/mol. The highest BCUT2D eigenvalue weighted by molar-refractivity contribution is 7.99. The standard InChI is InChI=1S/C14H15FN6S/c1-3-11(12-16-8-17-18-12)22-14-20-19-13(21(14)2)9-4-6-10(15)7-5-9/h4-8,11H,3H2,1-2H3,(H,16,17,18). The first-order valence-electron chi connectivity index (χ1n) is 6.86. The van der Waals surface area contributed by atoms with E-state index in [0.717, 1.165) is 23.0 Å². The number of nitrogens with one attached hydrogen (secondary N) is 1. The third-order valence-corrected chi connectivity index (χ3v) is 4.70. The quantitative estimate of drug-likeness (QED) is 0.732. The zero-order valence-electron chi connectivity index (χ0n) is 12.2. The minimum absolute atomic E-state index is 0.131. The fourth-order valence-electron chi connectivity index (χ4n) is 2.10. The number of rotatable bonds is 5. The Hall–Kier alpha value is -2.22. The van der Waals surface area contributed by atoms with Crippen LogP contribution in [0.4, 0.5) is 4.39 Å². The van der Waals surface area contributed by atoms with Crippen LogP contribution in [-0.2, 0) is 7.05 Å². The molecule has 1 atom stereocenters. The summed E-state index contributed by atoms with van der Waals surface area (Å²) in [6.07, 6.45) is 2.39. The van der Waals surface area contributed by atoms with Crippen molar-refractivity contribution in [1.29, 1.82) is 0 Å². The van der Waals surface area contributed by atoms with E-state index in [0.29, 0.717) is 5.82 Å². The highest BCUT2D eigenvalue weighted by atomic mass is 32.2. The van der Waals surface area contributed by atoms with Gasteiger partial charge in [-0.2, -0.15) is 5.10 Å². The maximum absolute atomic E-state index is 13.0. The van der Waals surface area contributed by atoms with Crippen molar-refractivity contribution >= 4 is 11.8 Å². The van der Waals surface area contributed by atoms with E-state index < -0.39 is 0 Å². The minimum Gasteiger partial charge on any atom is -0.305 e. The number of benzene rings is 1. The van der Waals surface area contributed by atoms with Crippen LogP contribution in [0.2, 0.25) is 0 Å². The summed E-state index contributed by atoms with van der Waals surface area (Å²) in [6.45, 7) is 2.08. The van der Waals surface area contributed by atoms with E-state index in [9.17, 15) is 4.39 Å². The molecule has 0 saturated heterocycles. The van der Waals surface area contributed by atoms with Crippen LogP contribution < -0.4 is 0 Å². The predicted octanol–water partition coefficient (Wildman–Crippen LogP) is 2.98. The van der Waals surface area contributed by atoms with E-state index in [1.807, 2.05) is 11.6 Å². The zero-order valence-corrected chi connectivity index (χ0v) is 13.0. The second-order valence-electron chi connectivity index (χ2n) is 4.76. The molecule has 0 amide bonds. The van der Waals surface area contributed by atoms with Crippen molar-refractivity contribution in [3.8, 4) is 11.4 Å². The zero-order chi connectivity index (χ0) is 15.5. The van der Waals surface area contributed by atoms with Crippen LogP contribution in [0.3, 0.4) is 0 Å². The summed E-state index contributed by atoms with van der Waals surface area (Å²) < 4.78 is 14.9. The van der Waals surface area contributed by atoms with Gasteiger partial charge in [-0.25, -0.2) is 9.37 Å². The van der Waals surface area contributed by atoms with Crippen LogP contribution in [0.15, 0.2) is 35.7 Å².